The van der Waals surface area contributed by atoms with Gasteiger partial charge in [0.2, 0.25) is 11.8 Å². The third-order valence-electron chi connectivity index (χ3n) is 1.98. The predicted molar refractivity (Wildman–Crippen MR) is 45.3 cm³/mol. The molecule has 1 unspecified atom stereocenters. The van der Waals surface area contributed by atoms with Gasteiger partial charge in [-0.2, -0.15) is 0 Å². The number of rotatable bonds is 0. The molecular weight excluding hydrogens is 154 g/mol. The first-order valence-electron chi connectivity index (χ1n) is 5.01. The highest BCUT2D eigenvalue weighted by Crippen LogP contribution is 2.31. The largest absolute Gasteiger partial charge is 0.296 e. The monoisotopic (exact) mass is 171 g/mol. The van der Waals surface area contributed by atoms with Gasteiger partial charge in [0.25, 0.3) is 0 Å². The summed E-state index contributed by atoms with van der Waals surface area (Å²) in [7, 11) is 0. The van der Waals surface area contributed by atoms with Gasteiger partial charge in [-0.15, -0.1) is 0 Å². The maximum Gasteiger partial charge on any atom is 0.230 e. The summed E-state index contributed by atoms with van der Waals surface area (Å²) >= 11 is 0. The minimum atomic E-state index is -1.34. The highest BCUT2D eigenvalue weighted by molar-refractivity contribution is 5.98. The van der Waals surface area contributed by atoms with Crippen molar-refractivity contribution in [2.24, 2.45) is 11.3 Å². The van der Waals surface area contributed by atoms with Crippen LogP contribution in [0.4, 0.5) is 0 Å². The molecule has 0 bridgehead atoms. The molecule has 1 N–H and O–H groups in total. The Morgan fingerprint density at radius 1 is 1.58 bits per heavy atom. The summed E-state index contributed by atoms with van der Waals surface area (Å²) < 4.78 is 15.3. The fourth-order valence-corrected chi connectivity index (χ4v) is 1.27. The number of nitrogens with one attached hydrogen (secondary N) is 1. The van der Waals surface area contributed by atoms with Crippen molar-refractivity contribution in [2.75, 3.05) is 0 Å². The molecule has 0 spiro atoms. The predicted octanol–water partition coefficient (Wildman–Crippen LogP) is 1.09. The van der Waals surface area contributed by atoms with Gasteiger partial charge in [-0.05, 0) is 11.8 Å². The minimum Gasteiger partial charge on any atom is -0.296 e. The molecule has 0 aliphatic carbocycles. The zero-order chi connectivity index (χ0) is 11.1. The van der Waals surface area contributed by atoms with Crippen molar-refractivity contribution < 1.29 is 12.4 Å². The first kappa shape index (κ1) is 6.63. The summed E-state index contributed by atoms with van der Waals surface area (Å²) in [4.78, 5) is 22.7. The van der Waals surface area contributed by atoms with Crippen molar-refractivity contribution in [2.45, 2.75) is 33.6 Å². The van der Waals surface area contributed by atoms with Crippen LogP contribution < -0.4 is 5.31 Å². The van der Waals surface area contributed by atoms with E-state index in [4.69, 9.17) is 2.78 Å². The van der Waals surface area contributed by atoms with E-state index in [1.54, 1.807) is 20.8 Å². The summed E-state index contributed by atoms with van der Waals surface area (Å²) in [6, 6.07) is 0. The Kier molecular flexibility index (Phi) is 1.59. The van der Waals surface area contributed by atoms with Gasteiger partial charge in [-0.25, -0.2) is 0 Å². The number of imide groups is 1. The number of hydrogen-bond acceptors (Lipinski definition) is 2. The number of amides is 2. The highest BCUT2D eigenvalue weighted by atomic mass is 16.2. The topological polar surface area (TPSA) is 46.2 Å². The molecule has 0 aromatic carbocycles. The smallest absolute Gasteiger partial charge is 0.230 e. The molecule has 2 amide bonds. The Labute approximate surface area is 75.4 Å². The van der Waals surface area contributed by atoms with Crippen molar-refractivity contribution >= 4 is 11.8 Å². The van der Waals surface area contributed by atoms with E-state index in [0.29, 0.717) is 5.31 Å². The standard InChI is InChI=1S/C9H15NO2/c1-9(2,3)6-4-5-7(11)10-8(6)12/h6H,4-5H2,1-3H3,(H,10,11,12)/i6D/hD. The molecule has 1 saturated heterocycles. The minimum absolute atomic E-state index is 0.107. The van der Waals surface area contributed by atoms with Gasteiger partial charge in [0.15, 0.2) is 1.41 Å². The second-order valence-corrected chi connectivity index (χ2v) is 4.04. The Bertz CT molecular complexity index is 285. The maximum absolute atomic E-state index is 11.6. The molecule has 0 aromatic rings. The van der Waals surface area contributed by atoms with Gasteiger partial charge in [0, 0.05) is 13.7 Å². The van der Waals surface area contributed by atoms with Crippen molar-refractivity contribution in [3.05, 3.63) is 0 Å². The summed E-state index contributed by atoms with van der Waals surface area (Å²) in [6.45, 7) is 5.34. The van der Waals surface area contributed by atoms with Crippen LogP contribution in [-0.2, 0) is 9.59 Å². The molecule has 0 saturated carbocycles. The Morgan fingerprint density at radius 3 is 2.67 bits per heavy atom. The Hall–Kier alpha value is -0.860. The summed E-state index contributed by atoms with van der Waals surface area (Å²) in [5, 5.41) is 0.335. The van der Waals surface area contributed by atoms with Gasteiger partial charge in [0.1, 0.15) is 0 Å². The average Bonchev–Trinajstić information content (AvgIpc) is 2.06. The van der Waals surface area contributed by atoms with E-state index >= 15 is 0 Å². The van der Waals surface area contributed by atoms with Crippen LogP contribution in [0.3, 0.4) is 0 Å². The second-order valence-electron chi connectivity index (χ2n) is 4.04. The van der Waals surface area contributed by atoms with E-state index in [0.717, 1.165) is 0 Å². The molecule has 1 aliphatic rings. The number of piperidine rings is 1. The fraction of sp³-hybridized carbons (Fsp3) is 0.778. The van der Waals surface area contributed by atoms with Gasteiger partial charge >= 0.3 is 0 Å². The van der Waals surface area contributed by atoms with E-state index in [1.165, 1.54) is 0 Å². The zero-order valence-electron chi connectivity index (χ0n) is 9.68. The van der Waals surface area contributed by atoms with E-state index in [1.807, 2.05) is 0 Å². The molecule has 1 heterocycles. The molecule has 0 aromatic heterocycles. The number of hydrogen-bond donors (Lipinski definition) is 1. The van der Waals surface area contributed by atoms with E-state index in [9.17, 15) is 9.59 Å². The van der Waals surface area contributed by atoms with E-state index < -0.39 is 23.1 Å². The third-order valence-corrected chi connectivity index (χ3v) is 1.98. The molecule has 12 heavy (non-hydrogen) atoms. The SMILES string of the molecule is [2H]N1C(=O)CCC([2H])(C(C)(C)C)C1=O. The molecule has 0 radical (unpaired) electrons. The zero-order valence-corrected chi connectivity index (χ0v) is 7.68. The lowest BCUT2D eigenvalue weighted by molar-refractivity contribution is -0.139. The van der Waals surface area contributed by atoms with Crippen LogP contribution >= 0.6 is 0 Å². The average molecular weight is 171 g/mol. The van der Waals surface area contributed by atoms with Gasteiger partial charge in [0.05, 0.1) is 0 Å². The first-order chi connectivity index (χ1) is 6.20. The van der Waals surface area contributed by atoms with Gasteiger partial charge in [-0.1, -0.05) is 20.8 Å². The van der Waals surface area contributed by atoms with E-state index in [2.05, 4.69) is 0 Å². The quantitative estimate of drug-likeness (QED) is 0.554. The van der Waals surface area contributed by atoms with Crippen molar-refractivity contribution in [3.8, 4) is 0 Å². The van der Waals surface area contributed by atoms with Gasteiger partial charge < -0.3 is 0 Å². The summed E-state index contributed by atoms with van der Waals surface area (Å²) in [5.41, 5.74) is -0.552. The normalized spacial score (nSPS) is 34.8. The molecule has 3 nitrogen and oxygen atoms in total. The number of carbonyl (C=O) groups excluding carboxylic acids is 2. The molecule has 68 valence electrons. The summed E-state index contributed by atoms with van der Waals surface area (Å²) in [6.07, 6.45) is 0.319. The molecule has 1 rings (SSSR count). The van der Waals surface area contributed by atoms with Crippen LogP contribution in [-0.4, -0.2) is 11.8 Å². The van der Waals surface area contributed by atoms with Crippen LogP contribution in [0.15, 0.2) is 0 Å². The summed E-state index contributed by atoms with van der Waals surface area (Å²) in [5.74, 6) is -2.56. The lowest BCUT2D eigenvalue weighted by Gasteiger charge is -2.31. The highest BCUT2D eigenvalue weighted by Gasteiger charge is 2.35. The van der Waals surface area contributed by atoms with E-state index in [-0.39, 0.29) is 12.8 Å². The molecule has 1 aliphatic heterocycles. The fourth-order valence-electron chi connectivity index (χ4n) is 1.27. The lowest BCUT2D eigenvalue weighted by Crippen LogP contribution is -2.45. The second kappa shape index (κ2) is 2.88. The van der Waals surface area contributed by atoms with Crippen molar-refractivity contribution in [1.29, 1.82) is 0 Å². The van der Waals surface area contributed by atoms with Crippen LogP contribution in [0.25, 0.3) is 0 Å². The van der Waals surface area contributed by atoms with Crippen LogP contribution in [0.1, 0.15) is 35.0 Å². The Morgan fingerprint density at radius 2 is 2.17 bits per heavy atom. The molecule has 1 atom stereocenters. The van der Waals surface area contributed by atoms with Crippen molar-refractivity contribution in [3.63, 3.8) is 0 Å². The third kappa shape index (κ3) is 1.84. The van der Waals surface area contributed by atoms with Crippen LogP contribution in [0, 0.1) is 11.3 Å². The van der Waals surface area contributed by atoms with Gasteiger partial charge in [-0.3, -0.25) is 14.9 Å². The lowest BCUT2D eigenvalue weighted by atomic mass is 9.76. The first-order valence-corrected chi connectivity index (χ1v) is 4.06. The van der Waals surface area contributed by atoms with Crippen molar-refractivity contribution in [1.82, 2.24) is 5.31 Å². The molecule has 3 heteroatoms. The maximum atomic E-state index is 11.6. The number of carbonyl (C=O) groups is 2. The molecule has 1 fully saturated rings. The van der Waals surface area contributed by atoms with Crippen LogP contribution in [0.5, 0.6) is 0 Å². The van der Waals surface area contributed by atoms with Crippen LogP contribution in [0.2, 0.25) is 1.41 Å². The molecular formula is C9H15NO2. The Balaban J connectivity index is 3.04.